The zero-order valence-corrected chi connectivity index (χ0v) is 16.2. The SMILES string of the molecule is Cc1ccc(NC(=O)NC[C@@H]2CCCN(c3ccc4nnc(C)n4n3)C2)cc1. The van der Waals surface area contributed by atoms with Crippen molar-refractivity contribution in [3.8, 4) is 0 Å². The van der Waals surface area contributed by atoms with Crippen molar-refractivity contribution in [1.29, 1.82) is 0 Å². The molecule has 146 valence electrons. The molecule has 0 saturated carbocycles. The Hall–Kier alpha value is -3.16. The van der Waals surface area contributed by atoms with Crippen LogP contribution in [0, 0.1) is 19.8 Å². The molecule has 0 aliphatic carbocycles. The maximum atomic E-state index is 12.2. The van der Waals surface area contributed by atoms with Crippen molar-refractivity contribution in [3.63, 3.8) is 0 Å². The zero-order chi connectivity index (χ0) is 19.5. The van der Waals surface area contributed by atoms with Gasteiger partial charge in [0.2, 0.25) is 0 Å². The number of urea groups is 1. The van der Waals surface area contributed by atoms with E-state index in [1.807, 2.05) is 50.2 Å². The highest BCUT2D eigenvalue weighted by Crippen LogP contribution is 2.21. The summed E-state index contributed by atoms with van der Waals surface area (Å²) in [6, 6.07) is 11.5. The van der Waals surface area contributed by atoms with Gasteiger partial charge in [0.25, 0.3) is 0 Å². The molecule has 0 spiro atoms. The number of carbonyl (C=O) groups is 1. The second-order valence-electron chi connectivity index (χ2n) is 7.36. The number of anilines is 2. The zero-order valence-electron chi connectivity index (χ0n) is 16.2. The lowest BCUT2D eigenvalue weighted by atomic mass is 9.98. The second kappa shape index (κ2) is 7.84. The van der Waals surface area contributed by atoms with Crippen LogP contribution < -0.4 is 15.5 Å². The van der Waals surface area contributed by atoms with Crippen molar-refractivity contribution in [1.82, 2.24) is 25.1 Å². The Morgan fingerprint density at radius 1 is 1.14 bits per heavy atom. The van der Waals surface area contributed by atoms with Crippen LogP contribution in [0.3, 0.4) is 0 Å². The Morgan fingerprint density at radius 3 is 2.79 bits per heavy atom. The molecule has 3 aromatic rings. The minimum atomic E-state index is -0.166. The maximum absolute atomic E-state index is 12.2. The summed E-state index contributed by atoms with van der Waals surface area (Å²) in [4.78, 5) is 14.5. The molecule has 1 aliphatic rings. The summed E-state index contributed by atoms with van der Waals surface area (Å²) < 4.78 is 1.77. The van der Waals surface area contributed by atoms with Crippen LogP contribution in [0.5, 0.6) is 0 Å². The van der Waals surface area contributed by atoms with E-state index in [2.05, 4.69) is 30.8 Å². The Kier molecular flexibility index (Phi) is 5.10. The highest BCUT2D eigenvalue weighted by atomic mass is 16.2. The van der Waals surface area contributed by atoms with Crippen molar-refractivity contribution >= 4 is 23.2 Å². The van der Waals surface area contributed by atoms with Gasteiger partial charge in [-0.05, 0) is 56.9 Å². The number of nitrogens with zero attached hydrogens (tertiary/aromatic N) is 5. The fourth-order valence-electron chi connectivity index (χ4n) is 3.54. The number of aromatic nitrogens is 4. The number of carbonyl (C=O) groups excluding carboxylic acids is 1. The molecule has 4 rings (SSSR count). The molecule has 0 unspecified atom stereocenters. The normalized spacial score (nSPS) is 16.9. The van der Waals surface area contributed by atoms with Gasteiger partial charge in [-0.1, -0.05) is 17.7 Å². The van der Waals surface area contributed by atoms with Gasteiger partial charge in [0.05, 0.1) is 0 Å². The third kappa shape index (κ3) is 4.05. The highest BCUT2D eigenvalue weighted by molar-refractivity contribution is 5.89. The van der Waals surface area contributed by atoms with E-state index >= 15 is 0 Å². The van der Waals surface area contributed by atoms with Gasteiger partial charge in [-0.15, -0.1) is 15.3 Å². The van der Waals surface area contributed by atoms with E-state index in [1.165, 1.54) is 5.56 Å². The molecule has 2 aromatic heterocycles. The number of fused-ring (bicyclic) bond motifs is 1. The Morgan fingerprint density at radius 2 is 1.96 bits per heavy atom. The summed E-state index contributed by atoms with van der Waals surface area (Å²) in [7, 11) is 0. The van der Waals surface area contributed by atoms with Crippen molar-refractivity contribution in [3.05, 3.63) is 47.8 Å². The number of aryl methyl sites for hydroxylation is 2. The first-order valence-electron chi connectivity index (χ1n) is 9.64. The highest BCUT2D eigenvalue weighted by Gasteiger charge is 2.22. The molecule has 0 radical (unpaired) electrons. The quantitative estimate of drug-likeness (QED) is 0.728. The second-order valence-corrected chi connectivity index (χ2v) is 7.36. The van der Waals surface area contributed by atoms with Gasteiger partial charge in [0.1, 0.15) is 5.82 Å². The van der Waals surface area contributed by atoms with Gasteiger partial charge in [0.15, 0.2) is 11.5 Å². The summed E-state index contributed by atoms with van der Waals surface area (Å²) in [5.41, 5.74) is 2.72. The Balaban J connectivity index is 1.33. The molecule has 8 heteroatoms. The van der Waals surface area contributed by atoms with E-state index in [-0.39, 0.29) is 6.03 Å². The first kappa shape index (κ1) is 18.2. The number of nitrogens with one attached hydrogen (secondary N) is 2. The van der Waals surface area contributed by atoms with Crippen LogP contribution in [0.4, 0.5) is 16.3 Å². The minimum absolute atomic E-state index is 0.166. The molecular weight excluding hydrogens is 354 g/mol. The molecule has 2 N–H and O–H groups in total. The molecule has 3 heterocycles. The van der Waals surface area contributed by atoms with Crippen LogP contribution in [0.2, 0.25) is 0 Å². The van der Waals surface area contributed by atoms with Gasteiger partial charge in [-0.3, -0.25) is 0 Å². The number of rotatable bonds is 4. The van der Waals surface area contributed by atoms with Crippen LogP contribution in [0.25, 0.3) is 5.65 Å². The lowest BCUT2D eigenvalue weighted by Crippen LogP contribution is -2.42. The van der Waals surface area contributed by atoms with E-state index in [1.54, 1.807) is 4.52 Å². The minimum Gasteiger partial charge on any atom is -0.355 e. The predicted octanol–water partition coefficient (Wildman–Crippen LogP) is 2.78. The summed E-state index contributed by atoms with van der Waals surface area (Å²) in [6.07, 6.45) is 2.17. The topological polar surface area (TPSA) is 87.5 Å². The first-order chi connectivity index (χ1) is 13.6. The molecule has 1 atom stereocenters. The third-order valence-electron chi connectivity index (χ3n) is 5.11. The monoisotopic (exact) mass is 379 g/mol. The van der Waals surface area contributed by atoms with Crippen molar-refractivity contribution in [2.75, 3.05) is 29.9 Å². The lowest BCUT2D eigenvalue weighted by molar-refractivity contribution is 0.249. The smallest absolute Gasteiger partial charge is 0.319 e. The number of piperidine rings is 1. The molecule has 2 amide bonds. The van der Waals surface area contributed by atoms with Crippen LogP contribution in [0.1, 0.15) is 24.2 Å². The Labute approximate surface area is 164 Å². The molecule has 1 fully saturated rings. The van der Waals surface area contributed by atoms with Gasteiger partial charge < -0.3 is 15.5 Å². The summed E-state index contributed by atoms with van der Waals surface area (Å²) >= 11 is 0. The van der Waals surface area contributed by atoms with Gasteiger partial charge in [-0.25, -0.2) is 4.79 Å². The van der Waals surface area contributed by atoms with Gasteiger partial charge in [0, 0.05) is 25.3 Å². The van der Waals surface area contributed by atoms with Crippen molar-refractivity contribution in [2.24, 2.45) is 5.92 Å². The average Bonchev–Trinajstić information content (AvgIpc) is 3.09. The van der Waals surface area contributed by atoms with E-state index in [4.69, 9.17) is 0 Å². The van der Waals surface area contributed by atoms with E-state index in [0.29, 0.717) is 12.5 Å². The van der Waals surface area contributed by atoms with Crippen molar-refractivity contribution < 1.29 is 4.79 Å². The molecule has 1 aromatic carbocycles. The van der Waals surface area contributed by atoms with Crippen LogP contribution in [0.15, 0.2) is 36.4 Å². The Bertz CT molecular complexity index is 966. The van der Waals surface area contributed by atoms with E-state index < -0.39 is 0 Å². The summed E-state index contributed by atoms with van der Waals surface area (Å²) in [5, 5.41) is 18.7. The summed E-state index contributed by atoms with van der Waals surface area (Å²) in [6.45, 7) is 6.39. The van der Waals surface area contributed by atoms with E-state index in [9.17, 15) is 4.79 Å². The molecular formula is C20H25N7O. The third-order valence-corrected chi connectivity index (χ3v) is 5.11. The van der Waals surface area contributed by atoms with Gasteiger partial charge >= 0.3 is 6.03 Å². The van der Waals surface area contributed by atoms with Crippen LogP contribution >= 0.6 is 0 Å². The van der Waals surface area contributed by atoms with Crippen LogP contribution in [-0.4, -0.2) is 45.5 Å². The number of benzene rings is 1. The van der Waals surface area contributed by atoms with E-state index in [0.717, 1.165) is 48.9 Å². The fourth-order valence-corrected chi connectivity index (χ4v) is 3.54. The maximum Gasteiger partial charge on any atom is 0.319 e. The van der Waals surface area contributed by atoms with Crippen molar-refractivity contribution in [2.45, 2.75) is 26.7 Å². The molecule has 28 heavy (non-hydrogen) atoms. The number of amides is 2. The molecule has 1 aliphatic heterocycles. The predicted molar refractivity (Wildman–Crippen MR) is 109 cm³/mol. The molecule has 1 saturated heterocycles. The molecule has 8 nitrogen and oxygen atoms in total. The fraction of sp³-hybridized carbons (Fsp3) is 0.400. The van der Waals surface area contributed by atoms with Gasteiger partial charge in [-0.2, -0.15) is 4.52 Å². The number of hydrogen-bond donors (Lipinski definition) is 2. The summed E-state index contributed by atoms with van der Waals surface area (Å²) in [5.74, 6) is 2.08. The first-order valence-corrected chi connectivity index (χ1v) is 9.64. The largest absolute Gasteiger partial charge is 0.355 e. The molecule has 0 bridgehead atoms. The number of hydrogen-bond acceptors (Lipinski definition) is 5. The average molecular weight is 379 g/mol. The standard InChI is InChI=1S/C20H25N7O/c1-14-5-7-17(8-6-14)22-20(28)21-12-16-4-3-11-26(13-16)19-10-9-18-24-23-15(2)27(18)25-19/h5-10,16H,3-4,11-13H2,1-2H3,(H2,21,22,28)/t16-/m0/s1. The lowest BCUT2D eigenvalue weighted by Gasteiger charge is -2.33. The van der Waals surface area contributed by atoms with Crippen LogP contribution in [-0.2, 0) is 0 Å².